The molecule has 0 spiro atoms. The summed E-state index contributed by atoms with van der Waals surface area (Å²) in [4.78, 5) is 153. The van der Waals surface area contributed by atoms with Gasteiger partial charge in [-0.2, -0.15) is 0 Å². The third kappa shape index (κ3) is 28.4. The number of nitrogens with one attached hydrogen (secondary N) is 9. The lowest BCUT2D eigenvalue weighted by Gasteiger charge is -2.30. The summed E-state index contributed by atoms with van der Waals surface area (Å²) in [5, 5.41) is 50.7. The van der Waals surface area contributed by atoms with E-state index in [0.717, 1.165) is 38.5 Å². The average Bonchev–Trinajstić information content (AvgIpc) is 3.93. The van der Waals surface area contributed by atoms with Crippen LogP contribution in [0.4, 0.5) is 0 Å². The Hall–Kier alpha value is -6.74. The Bertz CT molecular complexity index is 2110. The molecule has 0 radical (unpaired) electrons. The van der Waals surface area contributed by atoms with Crippen LogP contribution in [0.15, 0.2) is 12.5 Å². The zero-order valence-electron chi connectivity index (χ0n) is 47.6. The number of carboxylic acids is 1. The number of aliphatic carboxylic acids is 1. The van der Waals surface area contributed by atoms with Crippen molar-refractivity contribution in [3.63, 3.8) is 0 Å². The number of hydrogen-bond acceptors (Lipinski definition) is 15. The fourth-order valence-corrected chi connectivity index (χ4v) is 8.37. The number of hydrogen-bond donors (Lipinski definition) is 15. The smallest absolute Gasteiger partial charge is 0.326 e. The van der Waals surface area contributed by atoms with Crippen LogP contribution < -0.4 is 59.7 Å². The van der Waals surface area contributed by atoms with Gasteiger partial charge in [-0.05, 0) is 76.7 Å². The molecule has 10 atom stereocenters. The lowest BCUT2D eigenvalue weighted by atomic mass is 9.96. The second kappa shape index (κ2) is 39.6. The molecule has 0 aliphatic heterocycles. The molecular weight excluding hydrogens is 1040 g/mol. The first-order valence-electron chi connectivity index (χ1n) is 28.1. The summed E-state index contributed by atoms with van der Waals surface area (Å²) < 4.78 is 0. The van der Waals surface area contributed by atoms with Gasteiger partial charge in [0.1, 0.15) is 48.3 Å². The molecule has 27 nitrogen and oxygen atoms in total. The molecule has 0 aliphatic rings. The SMILES string of the molecule is CCCCCCCCCCCC(=O)N[C@@H](CCC(N)=O)C(=O)N[C@H](CCc1cnc[nH]1)C(=O)N[C@@H](CO)C(=O)N[C@H](CCC(N)=O)C(=O)NC(C(=O)N[C@@H](C(=O)N[C@@H](CCCCN)C(=O)N[C@@H](C(=O)O)C(C)C)C(C)O)[C@@H](C)CC. The first kappa shape index (κ1) is 71.3. The average molecular weight is 1140 g/mol. The lowest BCUT2D eigenvalue weighted by Crippen LogP contribution is -2.62. The second-order valence-electron chi connectivity index (χ2n) is 20.7. The van der Waals surface area contributed by atoms with Crippen LogP contribution in [0.3, 0.4) is 0 Å². The summed E-state index contributed by atoms with van der Waals surface area (Å²) in [6.45, 7) is 8.98. The number of aromatic amines is 1. The third-order valence-corrected chi connectivity index (χ3v) is 13.5. The van der Waals surface area contributed by atoms with Gasteiger partial charge in [-0.15, -0.1) is 0 Å². The normalized spacial score (nSPS) is 15.0. The monoisotopic (exact) mass is 1140 g/mol. The highest BCUT2D eigenvalue weighted by molar-refractivity contribution is 5.98. The fraction of sp³-hybridized carbons (Fsp3) is 0.736. The van der Waals surface area contributed by atoms with Crippen LogP contribution in [-0.2, 0) is 59.2 Å². The van der Waals surface area contributed by atoms with Crippen molar-refractivity contribution >= 4 is 65.0 Å². The van der Waals surface area contributed by atoms with Gasteiger partial charge in [0.2, 0.25) is 59.1 Å². The van der Waals surface area contributed by atoms with Crippen molar-refractivity contribution in [1.82, 2.24) is 52.5 Å². The minimum Gasteiger partial charge on any atom is -0.480 e. The van der Waals surface area contributed by atoms with E-state index in [1.165, 1.54) is 32.3 Å². The van der Waals surface area contributed by atoms with Gasteiger partial charge >= 0.3 is 5.97 Å². The quantitative estimate of drug-likeness (QED) is 0.0347. The van der Waals surface area contributed by atoms with E-state index in [0.29, 0.717) is 25.0 Å². The predicted octanol–water partition coefficient (Wildman–Crippen LogP) is -1.04. The Kier molecular flexibility index (Phi) is 35.3. The van der Waals surface area contributed by atoms with E-state index in [1.807, 2.05) is 0 Å². The number of aliphatic hydroxyl groups is 2. The maximum absolute atomic E-state index is 14.1. The van der Waals surface area contributed by atoms with E-state index in [2.05, 4.69) is 59.4 Å². The number of H-pyrrole nitrogens is 1. The minimum atomic E-state index is -1.79. The van der Waals surface area contributed by atoms with Gasteiger partial charge in [-0.1, -0.05) is 92.4 Å². The molecule has 1 rings (SSSR count). The number of rotatable bonds is 44. The Labute approximate surface area is 469 Å². The molecule has 80 heavy (non-hydrogen) atoms. The Morgan fingerprint density at radius 2 is 0.988 bits per heavy atom. The lowest BCUT2D eigenvalue weighted by molar-refractivity contribution is -0.143. The van der Waals surface area contributed by atoms with Crippen LogP contribution in [0.1, 0.15) is 169 Å². The van der Waals surface area contributed by atoms with Crippen LogP contribution in [0.25, 0.3) is 0 Å². The summed E-state index contributed by atoms with van der Waals surface area (Å²) in [5.41, 5.74) is 17.0. The van der Waals surface area contributed by atoms with Gasteiger partial charge in [0, 0.05) is 31.2 Å². The number of aromatic nitrogens is 2. The van der Waals surface area contributed by atoms with Gasteiger partial charge in [-0.25, -0.2) is 9.78 Å². The standard InChI is InChI=1S/C53H93N13O14/c1-7-9-10-11-12-13-14-15-16-20-42(71)59-36(23-25-40(55)69)46(72)60-37(22-21-34-28-57-30-58-34)47(73)63-39(29-67)50(76)61-38(24-26-41(56)70)49(75)65-44(32(5)8-2)51(77)66-45(33(6)68)52(78)62-35(19-17-18-27-54)48(74)64-43(31(3)4)53(79)80/h28,30-33,35-39,43-45,67-68H,7-27,29,54H2,1-6H3,(H2,55,69)(H2,56,70)(H,57,58)(H,59,71)(H,60,72)(H,61,76)(H,62,78)(H,63,73)(H,64,74)(H,65,75)(H,66,77)(H,79,80)/t32-,33?,35-,36-,37+,38+,39-,43+,44?,45+/m0/s1. The van der Waals surface area contributed by atoms with Crippen LogP contribution in [0.2, 0.25) is 0 Å². The van der Waals surface area contributed by atoms with Gasteiger partial charge in [0.25, 0.3) is 0 Å². The van der Waals surface area contributed by atoms with E-state index in [-0.39, 0.29) is 51.5 Å². The van der Waals surface area contributed by atoms with Crippen molar-refractivity contribution in [3.8, 4) is 0 Å². The number of carboxylic acid groups (broad SMARTS) is 1. The molecule has 0 fully saturated rings. The molecular formula is C53H93N13O14. The molecule has 1 aromatic rings. The van der Waals surface area contributed by atoms with Crippen molar-refractivity contribution in [1.29, 1.82) is 0 Å². The number of amides is 10. The maximum atomic E-state index is 14.1. The van der Waals surface area contributed by atoms with E-state index < -0.39 is 151 Å². The highest BCUT2D eigenvalue weighted by atomic mass is 16.4. The number of aryl methyl sites for hydroxylation is 1. The molecule has 1 aromatic heterocycles. The molecule has 0 aliphatic carbocycles. The molecule has 0 aromatic carbocycles. The van der Waals surface area contributed by atoms with E-state index in [9.17, 15) is 68.1 Å². The summed E-state index contributed by atoms with van der Waals surface area (Å²) in [6.07, 6.45) is 10.3. The Morgan fingerprint density at radius 1 is 0.537 bits per heavy atom. The Balaban J connectivity index is 3.37. The maximum Gasteiger partial charge on any atom is 0.326 e. The van der Waals surface area contributed by atoms with Crippen LogP contribution in [-0.4, -0.2) is 158 Å². The summed E-state index contributed by atoms with van der Waals surface area (Å²) in [6, 6.07) is -12.0. The third-order valence-electron chi connectivity index (χ3n) is 13.5. The van der Waals surface area contributed by atoms with E-state index in [4.69, 9.17) is 17.2 Å². The summed E-state index contributed by atoms with van der Waals surface area (Å²) >= 11 is 0. The number of unbranched alkanes of at least 4 members (excludes halogenated alkanes) is 9. The molecule has 0 saturated carbocycles. The number of imidazole rings is 1. The molecule has 0 bridgehead atoms. The van der Waals surface area contributed by atoms with Crippen molar-refractivity contribution in [3.05, 3.63) is 18.2 Å². The number of primary amides is 2. The van der Waals surface area contributed by atoms with E-state index in [1.54, 1.807) is 27.7 Å². The van der Waals surface area contributed by atoms with Gasteiger partial charge in [-0.3, -0.25) is 47.9 Å². The Morgan fingerprint density at radius 3 is 1.46 bits per heavy atom. The number of carbonyl (C=O) groups is 11. The largest absolute Gasteiger partial charge is 0.480 e. The number of aliphatic hydroxyl groups excluding tert-OH is 2. The van der Waals surface area contributed by atoms with Crippen LogP contribution >= 0.6 is 0 Å². The molecule has 27 heteroatoms. The number of carbonyl (C=O) groups excluding carboxylic acids is 10. The molecule has 2 unspecified atom stereocenters. The topological polar surface area (TPSA) is 451 Å². The highest BCUT2D eigenvalue weighted by Gasteiger charge is 2.37. The molecule has 1 heterocycles. The molecule has 18 N–H and O–H groups in total. The summed E-state index contributed by atoms with van der Waals surface area (Å²) in [7, 11) is 0. The van der Waals surface area contributed by atoms with Crippen molar-refractivity contribution < 1.29 is 68.1 Å². The fourth-order valence-electron chi connectivity index (χ4n) is 8.37. The van der Waals surface area contributed by atoms with Crippen molar-refractivity contribution in [2.45, 2.75) is 224 Å². The van der Waals surface area contributed by atoms with Crippen molar-refractivity contribution in [2.24, 2.45) is 29.0 Å². The predicted molar refractivity (Wildman–Crippen MR) is 295 cm³/mol. The zero-order valence-corrected chi connectivity index (χ0v) is 47.6. The van der Waals surface area contributed by atoms with Gasteiger partial charge < -0.3 is 80.0 Å². The van der Waals surface area contributed by atoms with Gasteiger partial charge in [0.15, 0.2) is 0 Å². The minimum absolute atomic E-state index is 0.0219. The van der Waals surface area contributed by atoms with Crippen LogP contribution in [0.5, 0.6) is 0 Å². The van der Waals surface area contributed by atoms with Gasteiger partial charge in [0.05, 0.1) is 19.0 Å². The molecule has 10 amide bonds. The highest BCUT2D eigenvalue weighted by Crippen LogP contribution is 2.14. The molecule has 0 saturated heterocycles. The first-order valence-corrected chi connectivity index (χ1v) is 28.1. The second-order valence-corrected chi connectivity index (χ2v) is 20.7. The zero-order chi connectivity index (χ0) is 60.3. The number of nitrogens with two attached hydrogens (primary N) is 3. The molecule has 454 valence electrons. The van der Waals surface area contributed by atoms with Crippen molar-refractivity contribution in [2.75, 3.05) is 13.2 Å². The number of nitrogens with zero attached hydrogens (tertiary/aromatic N) is 1. The van der Waals surface area contributed by atoms with Crippen LogP contribution in [0, 0.1) is 11.8 Å². The van der Waals surface area contributed by atoms with E-state index >= 15 is 0 Å². The first-order chi connectivity index (χ1) is 37.9. The summed E-state index contributed by atoms with van der Waals surface area (Å²) in [5.74, 6) is -11.4.